The highest BCUT2D eigenvalue weighted by Crippen LogP contribution is 2.24. The Morgan fingerprint density at radius 1 is 1.28 bits per heavy atom. The summed E-state index contributed by atoms with van der Waals surface area (Å²) in [4.78, 5) is 12.9. The van der Waals surface area contributed by atoms with Gasteiger partial charge in [-0.1, -0.05) is 24.3 Å². The maximum absolute atomic E-state index is 12.2. The number of carbonyl (C=O) groups is 1. The van der Waals surface area contributed by atoms with Crippen molar-refractivity contribution in [1.82, 2.24) is 0 Å². The van der Waals surface area contributed by atoms with Gasteiger partial charge in [0.15, 0.2) is 5.78 Å². The molecule has 1 heterocycles. The summed E-state index contributed by atoms with van der Waals surface area (Å²) in [6.45, 7) is 4.00. The first-order valence-corrected chi connectivity index (χ1v) is 6.56. The average molecular weight is 255 g/mol. The zero-order chi connectivity index (χ0) is 13.1. The molecule has 90 valence electrons. The van der Waals surface area contributed by atoms with Crippen LogP contribution in [0.2, 0.25) is 0 Å². The van der Waals surface area contributed by atoms with Gasteiger partial charge in [0.05, 0.1) is 10.9 Å². The third-order valence-corrected chi connectivity index (χ3v) is 3.90. The molecule has 0 saturated heterocycles. The summed E-state index contributed by atoms with van der Waals surface area (Å²) in [6.07, 6.45) is 0. The van der Waals surface area contributed by atoms with Crippen LogP contribution in [0.25, 0.3) is 0 Å². The summed E-state index contributed by atoms with van der Waals surface area (Å²) < 4.78 is 0. The molecule has 2 aromatic rings. The van der Waals surface area contributed by atoms with Crippen LogP contribution < -0.4 is 0 Å². The predicted molar refractivity (Wildman–Crippen MR) is 72.9 cm³/mol. The van der Waals surface area contributed by atoms with Crippen molar-refractivity contribution in [3.63, 3.8) is 0 Å². The fourth-order valence-corrected chi connectivity index (χ4v) is 2.48. The third kappa shape index (κ3) is 2.34. The highest BCUT2D eigenvalue weighted by atomic mass is 32.1. The first-order valence-electron chi connectivity index (χ1n) is 5.68. The average Bonchev–Trinajstić information content (AvgIpc) is 2.88. The van der Waals surface area contributed by atoms with Crippen LogP contribution in [0.1, 0.15) is 32.3 Å². The third-order valence-electron chi connectivity index (χ3n) is 3.02. The van der Waals surface area contributed by atoms with Crippen LogP contribution in [0.15, 0.2) is 35.7 Å². The van der Waals surface area contributed by atoms with Gasteiger partial charge in [0.1, 0.15) is 5.92 Å². The Morgan fingerprint density at radius 3 is 2.61 bits per heavy atom. The van der Waals surface area contributed by atoms with Crippen LogP contribution in [0.5, 0.6) is 0 Å². The Kier molecular flexibility index (Phi) is 3.59. The lowest BCUT2D eigenvalue weighted by atomic mass is 9.93. The number of ketones is 1. The molecule has 0 aliphatic carbocycles. The van der Waals surface area contributed by atoms with Crippen molar-refractivity contribution >= 4 is 17.1 Å². The zero-order valence-electron chi connectivity index (χ0n) is 10.3. The molecule has 0 spiro atoms. The minimum atomic E-state index is -0.706. The van der Waals surface area contributed by atoms with Crippen LogP contribution in [0, 0.1) is 25.2 Å². The summed E-state index contributed by atoms with van der Waals surface area (Å²) >= 11 is 1.38. The summed E-state index contributed by atoms with van der Waals surface area (Å²) in [5, 5.41) is 11.1. The van der Waals surface area contributed by atoms with Gasteiger partial charge in [-0.2, -0.15) is 5.26 Å². The van der Waals surface area contributed by atoms with E-state index in [0.717, 1.165) is 11.1 Å². The SMILES string of the molecule is Cc1ccc(C(C#N)C(=O)c2cccs2)cc1C. The van der Waals surface area contributed by atoms with Gasteiger partial charge in [-0.25, -0.2) is 0 Å². The molecule has 1 aromatic carbocycles. The zero-order valence-corrected chi connectivity index (χ0v) is 11.1. The van der Waals surface area contributed by atoms with Crippen molar-refractivity contribution < 1.29 is 4.79 Å². The van der Waals surface area contributed by atoms with E-state index < -0.39 is 5.92 Å². The maximum Gasteiger partial charge on any atom is 0.194 e. The van der Waals surface area contributed by atoms with E-state index in [0.29, 0.717) is 4.88 Å². The molecule has 1 aromatic heterocycles. The number of hydrogen-bond acceptors (Lipinski definition) is 3. The molecule has 0 aliphatic rings. The number of thiophene rings is 1. The highest BCUT2D eigenvalue weighted by Gasteiger charge is 2.22. The molecule has 1 atom stereocenters. The molecule has 0 N–H and O–H groups in total. The number of nitrogens with zero attached hydrogens (tertiary/aromatic N) is 1. The molecule has 0 fully saturated rings. The van der Waals surface area contributed by atoms with Crippen molar-refractivity contribution in [2.75, 3.05) is 0 Å². The highest BCUT2D eigenvalue weighted by molar-refractivity contribution is 7.12. The molecule has 3 heteroatoms. The van der Waals surface area contributed by atoms with Crippen LogP contribution in [0.3, 0.4) is 0 Å². The van der Waals surface area contributed by atoms with E-state index in [2.05, 4.69) is 6.07 Å². The standard InChI is InChI=1S/C15H13NOS/c1-10-5-6-12(8-11(10)2)13(9-16)15(17)14-4-3-7-18-14/h3-8,13H,1-2H3. The second kappa shape index (κ2) is 5.16. The van der Waals surface area contributed by atoms with Crippen molar-refractivity contribution in [3.05, 3.63) is 57.3 Å². The van der Waals surface area contributed by atoms with Crippen LogP contribution >= 0.6 is 11.3 Å². The monoisotopic (exact) mass is 255 g/mol. The minimum Gasteiger partial charge on any atom is -0.291 e. The quantitative estimate of drug-likeness (QED) is 0.781. The van der Waals surface area contributed by atoms with E-state index >= 15 is 0 Å². The summed E-state index contributed by atoms with van der Waals surface area (Å²) in [5.41, 5.74) is 3.05. The maximum atomic E-state index is 12.2. The van der Waals surface area contributed by atoms with Crippen LogP contribution in [0.4, 0.5) is 0 Å². The molecule has 2 rings (SSSR count). The number of benzene rings is 1. The number of carbonyl (C=O) groups excluding carboxylic acids is 1. The van der Waals surface area contributed by atoms with Gasteiger partial charge in [-0.15, -0.1) is 11.3 Å². The van der Waals surface area contributed by atoms with Crippen molar-refractivity contribution in [2.45, 2.75) is 19.8 Å². The fourth-order valence-electron chi connectivity index (χ4n) is 1.79. The number of rotatable bonds is 3. The van der Waals surface area contributed by atoms with Gasteiger partial charge in [0.2, 0.25) is 0 Å². The number of hydrogen-bond donors (Lipinski definition) is 0. The Morgan fingerprint density at radius 2 is 2.06 bits per heavy atom. The molecular formula is C15H13NOS. The predicted octanol–water partition coefficient (Wildman–Crippen LogP) is 3.86. The Labute approximate surface area is 111 Å². The lowest BCUT2D eigenvalue weighted by Crippen LogP contribution is -2.10. The van der Waals surface area contributed by atoms with E-state index in [4.69, 9.17) is 0 Å². The van der Waals surface area contributed by atoms with E-state index in [1.165, 1.54) is 16.9 Å². The van der Waals surface area contributed by atoms with Crippen molar-refractivity contribution in [2.24, 2.45) is 0 Å². The Balaban J connectivity index is 2.37. The fraction of sp³-hybridized carbons (Fsp3) is 0.200. The van der Waals surface area contributed by atoms with Gasteiger partial charge in [-0.3, -0.25) is 4.79 Å². The van der Waals surface area contributed by atoms with Gasteiger partial charge in [-0.05, 0) is 42.0 Å². The minimum absolute atomic E-state index is 0.115. The topological polar surface area (TPSA) is 40.9 Å². The number of aryl methyl sites for hydroxylation is 2. The molecule has 0 amide bonds. The largest absolute Gasteiger partial charge is 0.291 e. The van der Waals surface area contributed by atoms with Crippen molar-refractivity contribution in [3.8, 4) is 6.07 Å². The van der Waals surface area contributed by atoms with E-state index in [1.54, 1.807) is 6.07 Å². The number of Topliss-reactive ketones (excluding diaryl/α,β-unsaturated/α-hetero) is 1. The van der Waals surface area contributed by atoms with Crippen molar-refractivity contribution in [1.29, 1.82) is 5.26 Å². The normalized spacial score (nSPS) is 11.8. The van der Waals surface area contributed by atoms with Gasteiger partial charge >= 0.3 is 0 Å². The Hall–Kier alpha value is -1.92. The number of nitriles is 1. The molecule has 1 unspecified atom stereocenters. The molecular weight excluding hydrogens is 242 g/mol. The molecule has 0 aliphatic heterocycles. The lowest BCUT2D eigenvalue weighted by Gasteiger charge is -2.09. The summed E-state index contributed by atoms with van der Waals surface area (Å²) in [7, 11) is 0. The van der Waals surface area contributed by atoms with Crippen LogP contribution in [-0.2, 0) is 0 Å². The van der Waals surface area contributed by atoms with Gasteiger partial charge in [0, 0.05) is 0 Å². The van der Waals surface area contributed by atoms with E-state index in [-0.39, 0.29) is 5.78 Å². The second-order valence-electron chi connectivity index (χ2n) is 4.25. The Bertz CT molecular complexity index is 608. The van der Waals surface area contributed by atoms with Gasteiger partial charge < -0.3 is 0 Å². The van der Waals surface area contributed by atoms with E-state index in [9.17, 15) is 10.1 Å². The molecule has 0 bridgehead atoms. The summed E-state index contributed by atoms with van der Waals surface area (Å²) in [6, 6.07) is 11.4. The van der Waals surface area contributed by atoms with Gasteiger partial charge in [0.25, 0.3) is 0 Å². The first kappa shape index (κ1) is 12.5. The first-order chi connectivity index (χ1) is 8.63. The molecule has 18 heavy (non-hydrogen) atoms. The lowest BCUT2D eigenvalue weighted by molar-refractivity contribution is 0.0983. The van der Waals surface area contributed by atoms with E-state index in [1.807, 2.05) is 43.5 Å². The smallest absolute Gasteiger partial charge is 0.194 e. The second-order valence-corrected chi connectivity index (χ2v) is 5.20. The molecule has 2 nitrogen and oxygen atoms in total. The molecule has 0 saturated carbocycles. The molecule has 0 radical (unpaired) electrons. The summed E-state index contributed by atoms with van der Waals surface area (Å²) in [5.74, 6) is -0.821. The van der Waals surface area contributed by atoms with Crippen LogP contribution in [-0.4, -0.2) is 5.78 Å².